The zero-order valence-electron chi connectivity index (χ0n) is 17.7. The average molecular weight is 458 g/mol. The van der Waals surface area contributed by atoms with E-state index in [1.807, 2.05) is 25.1 Å². The van der Waals surface area contributed by atoms with Gasteiger partial charge in [-0.15, -0.1) is 11.3 Å². The monoisotopic (exact) mass is 457 g/mol. The highest BCUT2D eigenvalue weighted by Crippen LogP contribution is 2.27. The van der Waals surface area contributed by atoms with E-state index in [4.69, 9.17) is 10.5 Å². The number of rotatable bonds is 9. The Morgan fingerprint density at radius 1 is 1.41 bits per heavy atom. The maximum Gasteiger partial charge on any atom is 0.275 e. The molecule has 4 N–H and O–H groups in total. The van der Waals surface area contributed by atoms with Crippen molar-refractivity contribution in [3.05, 3.63) is 47.4 Å². The first-order valence-electron chi connectivity index (χ1n) is 10.1. The summed E-state index contributed by atoms with van der Waals surface area (Å²) in [6, 6.07) is 5.28. The molecule has 11 heteroatoms. The summed E-state index contributed by atoms with van der Waals surface area (Å²) in [5.74, 6) is -0.360. The number of hydrogen-bond acceptors (Lipinski definition) is 7. The van der Waals surface area contributed by atoms with Crippen LogP contribution in [0.15, 0.2) is 36.0 Å². The minimum absolute atomic E-state index is 0.0927. The number of nitrogens with two attached hydrogens (primary N) is 1. The molecule has 0 aliphatic carbocycles. The van der Waals surface area contributed by atoms with Gasteiger partial charge in [0, 0.05) is 29.4 Å². The van der Waals surface area contributed by atoms with Crippen molar-refractivity contribution in [3.8, 4) is 10.6 Å². The molecule has 3 aromatic heterocycles. The average Bonchev–Trinajstić information content (AvgIpc) is 3.53. The topological polar surface area (TPSA) is 124 Å². The molecular formula is C21H24FN7O2S. The molecule has 1 aromatic carbocycles. The Labute approximate surface area is 187 Å². The second-order valence-corrected chi connectivity index (χ2v) is 8.25. The van der Waals surface area contributed by atoms with Gasteiger partial charge in [-0.3, -0.25) is 14.6 Å². The fourth-order valence-corrected chi connectivity index (χ4v) is 3.95. The molecule has 4 aromatic rings. The molecule has 0 spiro atoms. The Hall–Kier alpha value is -3.15. The fraction of sp³-hybridized carbons (Fsp3) is 0.333. The van der Waals surface area contributed by atoms with E-state index >= 15 is 0 Å². The predicted octanol–water partition coefficient (Wildman–Crippen LogP) is 3.26. The molecule has 0 saturated heterocycles. The highest BCUT2D eigenvalue weighted by Gasteiger charge is 2.19. The third-order valence-electron chi connectivity index (χ3n) is 5.19. The van der Waals surface area contributed by atoms with Crippen LogP contribution in [-0.2, 0) is 18.4 Å². The van der Waals surface area contributed by atoms with Crippen LogP contribution < -0.4 is 11.1 Å². The summed E-state index contributed by atoms with van der Waals surface area (Å²) in [6.45, 7) is 1.80. The second kappa shape index (κ2) is 9.55. The molecule has 4 rings (SSSR count). The Morgan fingerprint density at radius 3 is 3.06 bits per heavy atom. The van der Waals surface area contributed by atoms with Gasteiger partial charge in [-0.05, 0) is 12.5 Å². The zero-order chi connectivity index (χ0) is 22.7. The Balaban J connectivity index is 1.42. The van der Waals surface area contributed by atoms with Crippen LogP contribution >= 0.6 is 11.3 Å². The fourth-order valence-electron chi connectivity index (χ4n) is 3.15. The molecule has 0 saturated carbocycles. The van der Waals surface area contributed by atoms with Crippen molar-refractivity contribution < 1.29 is 13.9 Å². The molecule has 0 fully saturated rings. The number of carbonyl (C=O) groups is 1. The van der Waals surface area contributed by atoms with Gasteiger partial charge in [-0.1, -0.05) is 19.1 Å². The molecule has 32 heavy (non-hydrogen) atoms. The number of hydrogen-bond donors (Lipinski definition) is 3. The van der Waals surface area contributed by atoms with E-state index in [9.17, 15) is 9.18 Å². The lowest BCUT2D eigenvalue weighted by atomic mass is 10.1. The number of thiazole rings is 1. The van der Waals surface area contributed by atoms with Crippen LogP contribution in [0.1, 0.15) is 29.5 Å². The number of carbonyl (C=O) groups excluding carboxylic acids is 1. The molecule has 0 radical (unpaired) electrons. The van der Waals surface area contributed by atoms with Crippen molar-refractivity contribution in [2.24, 2.45) is 12.8 Å². The van der Waals surface area contributed by atoms with Gasteiger partial charge in [0.2, 0.25) is 0 Å². The number of H-pyrrole nitrogens is 1. The minimum atomic E-state index is -1.25. The first-order valence-corrected chi connectivity index (χ1v) is 11.0. The van der Waals surface area contributed by atoms with Gasteiger partial charge >= 0.3 is 0 Å². The number of aromatic nitrogens is 5. The zero-order valence-corrected chi connectivity index (χ0v) is 18.5. The predicted molar refractivity (Wildman–Crippen MR) is 121 cm³/mol. The molecule has 0 bridgehead atoms. The lowest BCUT2D eigenvalue weighted by molar-refractivity contribution is 0.0562. The summed E-state index contributed by atoms with van der Waals surface area (Å²) in [7, 11) is 1.73. The van der Waals surface area contributed by atoms with E-state index in [2.05, 4.69) is 25.6 Å². The summed E-state index contributed by atoms with van der Waals surface area (Å²) in [5, 5.41) is 17.4. The standard InChI is InChI=1S/C21H24FN7O2S/c1-3-15(23)14(22)9-31-10-19-17(8-25-29(19)2)26-20(30)18-11-32-21(27-18)12-4-5-13-7-24-28-16(13)6-12/h4-8,11,14-15H,3,9-10,23H2,1-2H3,(H,24,28)(H,26,30). The summed E-state index contributed by atoms with van der Waals surface area (Å²) < 4.78 is 21.0. The number of anilines is 1. The number of fused-ring (bicyclic) bond motifs is 1. The van der Waals surface area contributed by atoms with Gasteiger partial charge in [0.05, 0.1) is 42.5 Å². The molecule has 1 amide bonds. The lowest BCUT2D eigenvalue weighted by Gasteiger charge is -2.15. The van der Waals surface area contributed by atoms with Crippen molar-refractivity contribution in [2.45, 2.75) is 32.2 Å². The minimum Gasteiger partial charge on any atom is -0.372 e. The van der Waals surface area contributed by atoms with E-state index in [0.29, 0.717) is 23.5 Å². The quantitative estimate of drug-likeness (QED) is 0.354. The second-order valence-electron chi connectivity index (χ2n) is 7.40. The van der Waals surface area contributed by atoms with E-state index in [1.54, 1.807) is 23.3 Å². The first kappa shape index (κ1) is 22.1. The van der Waals surface area contributed by atoms with Crippen molar-refractivity contribution in [2.75, 3.05) is 11.9 Å². The largest absolute Gasteiger partial charge is 0.372 e. The number of nitrogens with zero attached hydrogens (tertiary/aromatic N) is 4. The van der Waals surface area contributed by atoms with Gasteiger partial charge < -0.3 is 15.8 Å². The van der Waals surface area contributed by atoms with Crippen LogP contribution in [0.3, 0.4) is 0 Å². The van der Waals surface area contributed by atoms with Crippen LogP contribution in [0.25, 0.3) is 21.5 Å². The molecule has 2 atom stereocenters. The van der Waals surface area contributed by atoms with E-state index in [0.717, 1.165) is 21.5 Å². The van der Waals surface area contributed by atoms with Crippen molar-refractivity contribution in [1.29, 1.82) is 0 Å². The third kappa shape index (κ3) is 4.69. The normalized spacial score (nSPS) is 13.4. The smallest absolute Gasteiger partial charge is 0.275 e. The molecule has 168 valence electrons. The Kier molecular flexibility index (Phi) is 6.58. The third-order valence-corrected chi connectivity index (χ3v) is 6.08. The Bertz CT molecular complexity index is 1220. The van der Waals surface area contributed by atoms with Crippen molar-refractivity contribution >= 4 is 33.8 Å². The van der Waals surface area contributed by atoms with Gasteiger partial charge in [0.25, 0.3) is 5.91 Å². The summed E-state index contributed by atoms with van der Waals surface area (Å²) >= 11 is 1.38. The van der Waals surface area contributed by atoms with Gasteiger partial charge in [-0.2, -0.15) is 10.2 Å². The summed E-state index contributed by atoms with van der Waals surface area (Å²) in [4.78, 5) is 17.2. The van der Waals surface area contributed by atoms with Crippen LogP contribution in [0.5, 0.6) is 0 Å². The van der Waals surface area contributed by atoms with E-state index in [-0.39, 0.29) is 19.1 Å². The number of ether oxygens (including phenoxy) is 1. The molecular weight excluding hydrogens is 433 g/mol. The molecule has 0 aliphatic heterocycles. The first-order chi connectivity index (χ1) is 15.5. The highest BCUT2D eigenvalue weighted by molar-refractivity contribution is 7.13. The van der Waals surface area contributed by atoms with E-state index < -0.39 is 12.2 Å². The van der Waals surface area contributed by atoms with Gasteiger partial charge in [-0.25, -0.2) is 9.37 Å². The number of halogens is 1. The maximum atomic E-state index is 13.9. The van der Waals surface area contributed by atoms with E-state index in [1.165, 1.54) is 17.5 Å². The molecule has 0 aliphatic rings. The molecule has 9 nitrogen and oxygen atoms in total. The van der Waals surface area contributed by atoms with Crippen LogP contribution in [0, 0.1) is 0 Å². The van der Waals surface area contributed by atoms with Gasteiger partial charge in [0.15, 0.2) is 0 Å². The SMILES string of the molecule is CCC(N)C(F)COCc1c(NC(=O)c2csc(-c3ccc4cn[nH]c4c3)n2)cnn1C. The van der Waals surface area contributed by atoms with Gasteiger partial charge in [0.1, 0.15) is 16.9 Å². The number of alkyl halides is 1. The highest BCUT2D eigenvalue weighted by atomic mass is 32.1. The summed E-state index contributed by atoms with van der Waals surface area (Å²) in [6.07, 6.45) is 2.56. The van der Waals surface area contributed by atoms with Crippen LogP contribution in [0.4, 0.5) is 10.1 Å². The number of nitrogens with one attached hydrogen (secondary N) is 2. The molecule has 3 heterocycles. The van der Waals surface area contributed by atoms with Crippen molar-refractivity contribution in [1.82, 2.24) is 25.0 Å². The maximum absolute atomic E-state index is 13.9. The number of benzene rings is 1. The van der Waals surface area contributed by atoms with Crippen LogP contribution in [0.2, 0.25) is 0 Å². The number of amides is 1. The van der Waals surface area contributed by atoms with Crippen molar-refractivity contribution in [3.63, 3.8) is 0 Å². The lowest BCUT2D eigenvalue weighted by Crippen LogP contribution is -2.34. The molecule has 2 unspecified atom stereocenters. The number of aromatic amines is 1. The number of aryl methyl sites for hydroxylation is 1. The Morgan fingerprint density at radius 2 is 2.25 bits per heavy atom. The van der Waals surface area contributed by atoms with Crippen LogP contribution in [-0.4, -0.2) is 49.7 Å². The summed E-state index contributed by atoms with van der Waals surface area (Å²) in [5.41, 5.74) is 8.89.